The standard InChI is InChI=1S/C16H12BrN3O2/c17-11-6-8-12(9-7-11)18-10-14-15(21)19-16(22)20(14)13-4-2-1-3-5-13/h1-10,14H,(H,19,21,22)/t14-/m1/s1. The largest absolute Gasteiger partial charge is 0.329 e. The van der Waals surface area contributed by atoms with Crippen molar-refractivity contribution < 1.29 is 9.59 Å². The van der Waals surface area contributed by atoms with Gasteiger partial charge in [0.15, 0.2) is 6.04 Å². The van der Waals surface area contributed by atoms with Gasteiger partial charge in [0, 0.05) is 16.4 Å². The lowest BCUT2D eigenvalue weighted by Gasteiger charge is -2.18. The summed E-state index contributed by atoms with van der Waals surface area (Å²) < 4.78 is 0.950. The maximum atomic E-state index is 12.0. The number of para-hydroxylation sites is 1. The van der Waals surface area contributed by atoms with Crippen molar-refractivity contribution in [1.29, 1.82) is 0 Å². The lowest BCUT2D eigenvalue weighted by atomic mass is 10.2. The van der Waals surface area contributed by atoms with E-state index in [9.17, 15) is 9.59 Å². The second-order valence-corrected chi connectivity index (χ2v) is 5.62. The zero-order valence-electron chi connectivity index (χ0n) is 11.4. The average Bonchev–Trinajstić information content (AvgIpc) is 2.81. The topological polar surface area (TPSA) is 61.8 Å². The van der Waals surface area contributed by atoms with Gasteiger partial charge in [0.1, 0.15) is 0 Å². The second kappa shape index (κ2) is 6.11. The third kappa shape index (κ3) is 2.92. The van der Waals surface area contributed by atoms with Crippen LogP contribution in [0.3, 0.4) is 0 Å². The summed E-state index contributed by atoms with van der Waals surface area (Å²) in [6.07, 6.45) is 1.48. The smallest absolute Gasteiger partial charge is 0.277 e. The lowest BCUT2D eigenvalue weighted by molar-refractivity contribution is -0.118. The van der Waals surface area contributed by atoms with Crippen LogP contribution in [0.4, 0.5) is 16.2 Å². The van der Waals surface area contributed by atoms with Gasteiger partial charge in [-0.15, -0.1) is 0 Å². The monoisotopic (exact) mass is 357 g/mol. The summed E-state index contributed by atoms with van der Waals surface area (Å²) in [7, 11) is 0. The van der Waals surface area contributed by atoms with E-state index in [0.29, 0.717) is 11.4 Å². The molecule has 0 spiro atoms. The number of nitrogens with zero attached hydrogens (tertiary/aromatic N) is 2. The van der Waals surface area contributed by atoms with Gasteiger partial charge >= 0.3 is 6.03 Å². The Balaban J connectivity index is 1.88. The molecule has 0 unspecified atom stereocenters. The van der Waals surface area contributed by atoms with Crippen LogP contribution in [0.1, 0.15) is 0 Å². The molecule has 1 aliphatic heterocycles. The summed E-state index contributed by atoms with van der Waals surface area (Å²) in [4.78, 5) is 29.6. The summed E-state index contributed by atoms with van der Waals surface area (Å²) in [6, 6.07) is 15.2. The van der Waals surface area contributed by atoms with Gasteiger partial charge in [-0.05, 0) is 36.4 Å². The number of benzene rings is 2. The maximum absolute atomic E-state index is 12.0. The molecule has 2 aromatic rings. The predicted molar refractivity (Wildman–Crippen MR) is 88.5 cm³/mol. The van der Waals surface area contributed by atoms with Crippen LogP contribution in [0.25, 0.3) is 0 Å². The van der Waals surface area contributed by atoms with Gasteiger partial charge < -0.3 is 0 Å². The minimum absolute atomic E-state index is 0.380. The molecule has 0 aliphatic carbocycles. The number of aliphatic imine (C=N–C) groups is 1. The highest BCUT2D eigenvalue weighted by atomic mass is 79.9. The molecular formula is C16H12BrN3O2. The number of anilines is 1. The zero-order chi connectivity index (χ0) is 15.5. The molecule has 0 saturated carbocycles. The maximum Gasteiger partial charge on any atom is 0.329 e. The van der Waals surface area contributed by atoms with Crippen LogP contribution in [-0.4, -0.2) is 24.2 Å². The van der Waals surface area contributed by atoms with Crippen molar-refractivity contribution in [3.05, 3.63) is 59.1 Å². The molecule has 1 atom stereocenters. The van der Waals surface area contributed by atoms with E-state index in [4.69, 9.17) is 0 Å². The molecule has 1 saturated heterocycles. The zero-order valence-corrected chi connectivity index (χ0v) is 13.0. The highest BCUT2D eigenvalue weighted by Gasteiger charge is 2.38. The molecule has 3 rings (SSSR count). The molecule has 110 valence electrons. The van der Waals surface area contributed by atoms with Crippen LogP contribution in [0, 0.1) is 0 Å². The Morgan fingerprint density at radius 1 is 1.05 bits per heavy atom. The van der Waals surface area contributed by atoms with E-state index in [2.05, 4.69) is 26.2 Å². The SMILES string of the molecule is O=C1NC(=O)N(c2ccccc2)[C@@H]1C=Nc1ccc(Br)cc1. The molecular weight excluding hydrogens is 346 g/mol. The van der Waals surface area contributed by atoms with Gasteiger partial charge in [0.2, 0.25) is 0 Å². The van der Waals surface area contributed by atoms with Gasteiger partial charge in [-0.25, -0.2) is 4.79 Å². The summed E-state index contributed by atoms with van der Waals surface area (Å²) in [5.74, 6) is -0.380. The number of amides is 3. The average molecular weight is 358 g/mol. The summed E-state index contributed by atoms with van der Waals surface area (Å²) in [6.45, 7) is 0. The Morgan fingerprint density at radius 2 is 1.73 bits per heavy atom. The van der Waals surface area contributed by atoms with Crippen molar-refractivity contribution >= 4 is 45.5 Å². The van der Waals surface area contributed by atoms with Gasteiger partial charge in [0.25, 0.3) is 5.91 Å². The number of imide groups is 1. The highest BCUT2D eigenvalue weighted by molar-refractivity contribution is 9.10. The van der Waals surface area contributed by atoms with Gasteiger partial charge in [-0.3, -0.25) is 20.0 Å². The molecule has 22 heavy (non-hydrogen) atoms. The van der Waals surface area contributed by atoms with Crippen LogP contribution in [0.15, 0.2) is 64.1 Å². The molecule has 2 aromatic carbocycles. The van der Waals surface area contributed by atoms with Crippen molar-refractivity contribution in [2.45, 2.75) is 6.04 Å². The number of hydrogen-bond donors (Lipinski definition) is 1. The van der Waals surface area contributed by atoms with Crippen LogP contribution in [0.2, 0.25) is 0 Å². The first-order valence-electron chi connectivity index (χ1n) is 6.64. The summed E-state index contributed by atoms with van der Waals surface area (Å²) >= 11 is 3.35. The van der Waals surface area contributed by atoms with E-state index in [1.54, 1.807) is 12.1 Å². The van der Waals surface area contributed by atoms with Crippen molar-refractivity contribution in [2.75, 3.05) is 4.90 Å². The van der Waals surface area contributed by atoms with Crippen LogP contribution in [-0.2, 0) is 4.79 Å². The van der Waals surface area contributed by atoms with E-state index >= 15 is 0 Å². The fourth-order valence-corrected chi connectivity index (χ4v) is 2.43. The summed E-state index contributed by atoms with van der Waals surface area (Å²) in [5, 5.41) is 2.31. The Labute approximate surface area is 135 Å². The van der Waals surface area contributed by atoms with Gasteiger partial charge in [0.05, 0.1) is 5.69 Å². The number of carbonyl (C=O) groups is 2. The fourth-order valence-electron chi connectivity index (χ4n) is 2.17. The number of nitrogens with one attached hydrogen (secondary N) is 1. The number of hydrogen-bond acceptors (Lipinski definition) is 3. The molecule has 1 heterocycles. The van der Waals surface area contributed by atoms with Crippen molar-refractivity contribution in [2.24, 2.45) is 4.99 Å². The van der Waals surface area contributed by atoms with E-state index in [1.807, 2.05) is 42.5 Å². The van der Waals surface area contributed by atoms with E-state index in [0.717, 1.165) is 4.47 Å². The molecule has 0 radical (unpaired) electrons. The third-order valence-electron chi connectivity index (χ3n) is 3.22. The molecule has 5 nitrogen and oxygen atoms in total. The fraction of sp³-hybridized carbons (Fsp3) is 0.0625. The third-order valence-corrected chi connectivity index (χ3v) is 3.75. The first-order chi connectivity index (χ1) is 10.6. The Morgan fingerprint density at radius 3 is 2.41 bits per heavy atom. The molecule has 6 heteroatoms. The van der Waals surface area contributed by atoms with Crippen molar-refractivity contribution in [1.82, 2.24) is 5.32 Å². The van der Waals surface area contributed by atoms with E-state index < -0.39 is 12.1 Å². The molecule has 1 aliphatic rings. The first-order valence-corrected chi connectivity index (χ1v) is 7.43. The Kier molecular flexibility index (Phi) is 4.02. The summed E-state index contributed by atoms with van der Waals surface area (Å²) in [5.41, 5.74) is 1.36. The van der Waals surface area contributed by atoms with Crippen molar-refractivity contribution in [3.8, 4) is 0 Å². The van der Waals surface area contributed by atoms with E-state index in [-0.39, 0.29) is 5.91 Å². The molecule has 0 bridgehead atoms. The van der Waals surface area contributed by atoms with Crippen LogP contribution >= 0.6 is 15.9 Å². The molecule has 1 fully saturated rings. The Hall–Kier alpha value is -2.47. The predicted octanol–water partition coefficient (Wildman–Crippen LogP) is 3.28. The quantitative estimate of drug-likeness (QED) is 0.676. The number of rotatable bonds is 3. The van der Waals surface area contributed by atoms with Crippen LogP contribution in [0.5, 0.6) is 0 Å². The van der Waals surface area contributed by atoms with Crippen molar-refractivity contribution in [3.63, 3.8) is 0 Å². The molecule has 3 amide bonds. The number of carbonyl (C=O) groups excluding carboxylic acids is 2. The number of urea groups is 1. The highest BCUT2D eigenvalue weighted by Crippen LogP contribution is 2.21. The van der Waals surface area contributed by atoms with E-state index in [1.165, 1.54) is 11.1 Å². The minimum atomic E-state index is -0.751. The first kappa shape index (κ1) is 14.5. The second-order valence-electron chi connectivity index (χ2n) is 4.70. The minimum Gasteiger partial charge on any atom is -0.277 e. The molecule has 0 aromatic heterocycles. The Bertz CT molecular complexity index is 729. The number of halogens is 1. The lowest BCUT2D eigenvalue weighted by Crippen LogP contribution is -2.36. The van der Waals surface area contributed by atoms with Gasteiger partial charge in [-0.2, -0.15) is 0 Å². The van der Waals surface area contributed by atoms with Crippen LogP contribution < -0.4 is 10.2 Å². The molecule has 1 N–H and O–H groups in total. The van der Waals surface area contributed by atoms with Gasteiger partial charge in [-0.1, -0.05) is 34.1 Å². The normalized spacial score (nSPS) is 18.0.